The van der Waals surface area contributed by atoms with Gasteiger partial charge in [-0.25, -0.2) is 4.52 Å². The monoisotopic (exact) mass is 254 g/mol. The van der Waals surface area contributed by atoms with E-state index in [2.05, 4.69) is 5.10 Å². The van der Waals surface area contributed by atoms with E-state index >= 15 is 0 Å². The van der Waals surface area contributed by atoms with E-state index in [1.54, 1.807) is 33.7 Å². The first kappa shape index (κ1) is 11.5. The average Bonchev–Trinajstić information content (AvgIpc) is 2.89. The quantitative estimate of drug-likeness (QED) is 0.717. The van der Waals surface area contributed by atoms with E-state index in [1.165, 1.54) is 0 Å². The van der Waals surface area contributed by atoms with Crippen molar-refractivity contribution in [2.45, 2.75) is 13.0 Å². The van der Waals surface area contributed by atoms with E-state index in [0.29, 0.717) is 12.1 Å². The Morgan fingerprint density at radius 2 is 2.00 bits per heavy atom. The molecular formula is C14H14N4O. The fourth-order valence-electron chi connectivity index (χ4n) is 2.14. The highest BCUT2D eigenvalue weighted by molar-refractivity contribution is 5.46. The highest BCUT2D eigenvalue weighted by Crippen LogP contribution is 2.11. The van der Waals surface area contributed by atoms with E-state index in [9.17, 15) is 4.79 Å². The maximum atomic E-state index is 12.2. The van der Waals surface area contributed by atoms with E-state index < -0.39 is 0 Å². The molecule has 0 bridgehead atoms. The maximum absolute atomic E-state index is 12.2. The molecular weight excluding hydrogens is 240 g/mol. The Morgan fingerprint density at radius 1 is 1.16 bits per heavy atom. The molecule has 96 valence electrons. The maximum Gasteiger partial charge on any atom is 0.276 e. The van der Waals surface area contributed by atoms with Gasteiger partial charge in [-0.15, -0.1) is 0 Å². The molecule has 0 aliphatic carbocycles. The van der Waals surface area contributed by atoms with Crippen molar-refractivity contribution < 1.29 is 0 Å². The van der Waals surface area contributed by atoms with Gasteiger partial charge in [-0.05, 0) is 24.1 Å². The lowest BCUT2D eigenvalue weighted by Gasteiger charge is -2.08. The zero-order chi connectivity index (χ0) is 13.2. The minimum atomic E-state index is -0.0329. The molecule has 0 aliphatic heterocycles. The van der Waals surface area contributed by atoms with Gasteiger partial charge in [0.2, 0.25) is 0 Å². The molecule has 2 heterocycles. The third-order valence-electron chi connectivity index (χ3n) is 3.22. The molecule has 2 N–H and O–H groups in total. The fraction of sp³-hybridized carbons (Fsp3) is 0.143. The van der Waals surface area contributed by atoms with Crippen LogP contribution in [0.2, 0.25) is 0 Å². The predicted molar refractivity (Wildman–Crippen MR) is 74.0 cm³/mol. The second kappa shape index (κ2) is 4.61. The number of aromatic nitrogens is 3. The Morgan fingerprint density at radius 3 is 2.84 bits per heavy atom. The van der Waals surface area contributed by atoms with Crippen molar-refractivity contribution in [3.8, 4) is 0 Å². The van der Waals surface area contributed by atoms with Crippen LogP contribution < -0.4 is 11.3 Å². The summed E-state index contributed by atoms with van der Waals surface area (Å²) >= 11 is 0. The predicted octanol–water partition coefficient (Wildman–Crippen LogP) is 1.32. The lowest BCUT2D eigenvalue weighted by molar-refractivity contribution is 0.663. The summed E-state index contributed by atoms with van der Waals surface area (Å²) in [6.07, 6.45) is 5.89. The van der Waals surface area contributed by atoms with Gasteiger partial charge in [0.1, 0.15) is 5.52 Å². The van der Waals surface area contributed by atoms with Crippen LogP contribution in [0.25, 0.3) is 5.52 Å². The van der Waals surface area contributed by atoms with E-state index in [1.807, 2.05) is 24.3 Å². The van der Waals surface area contributed by atoms with Crippen molar-refractivity contribution in [3.05, 3.63) is 64.8 Å². The number of hydrogen-bond acceptors (Lipinski definition) is 3. The van der Waals surface area contributed by atoms with Crippen molar-refractivity contribution in [2.24, 2.45) is 0 Å². The van der Waals surface area contributed by atoms with Gasteiger partial charge in [-0.1, -0.05) is 18.2 Å². The number of nitrogens with two attached hydrogens (primary N) is 1. The van der Waals surface area contributed by atoms with Gasteiger partial charge in [-0.3, -0.25) is 4.79 Å². The molecule has 0 spiro atoms. The largest absolute Gasteiger partial charge is 0.399 e. The van der Waals surface area contributed by atoms with Crippen LogP contribution in [0.15, 0.2) is 53.7 Å². The summed E-state index contributed by atoms with van der Waals surface area (Å²) in [5.74, 6) is 0. The lowest BCUT2D eigenvalue weighted by Crippen LogP contribution is -2.22. The van der Waals surface area contributed by atoms with Crippen LogP contribution >= 0.6 is 0 Å². The molecule has 0 unspecified atom stereocenters. The molecule has 19 heavy (non-hydrogen) atoms. The summed E-state index contributed by atoms with van der Waals surface area (Å²) in [4.78, 5) is 12.2. The molecule has 0 saturated heterocycles. The van der Waals surface area contributed by atoms with Crippen LogP contribution in [0.5, 0.6) is 0 Å². The van der Waals surface area contributed by atoms with Crippen LogP contribution in [0, 0.1) is 0 Å². The molecule has 2 aromatic heterocycles. The first-order valence-corrected chi connectivity index (χ1v) is 6.12. The first-order valence-electron chi connectivity index (χ1n) is 6.12. The molecule has 0 atom stereocenters. The third kappa shape index (κ3) is 2.10. The number of rotatable bonds is 3. The van der Waals surface area contributed by atoms with Gasteiger partial charge in [-0.2, -0.15) is 5.10 Å². The standard InChI is InChI=1S/C14H14N4O/c15-12-4-2-1-3-11(12)6-8-17-9-10-18-13(14(17)19)5-7-16-18/h1-5,7,9-10H,6,8,15H2. The Hall–Kier alpha value is -2.56. The Labute approximate surface area is 109 Å². The number of nitrogens with zero attached hydrogens (tertiary/aromatic N) is 3. The number of fused-ring (bicyclic) bond motifs is 1. The summed E-state index contributed by atoms with van der Waals surface area (Å²) in [5.41, 5.74) is 8.27. The van der Waals surface area contributed by atoms with Crippen LogP contribution in [-0.2, 0) is 13.0 Å². The second-order valence-electron chi connectivity index (χ2n) is 4.41. The smallest absolute Gasteiger partial charge is 0.276 e. The molecule has 1 aromatic carbocycles. The summed E-state index contributed by atoms with van der Waals surface area (Å²) in [6.45, 7) is 0.606. The van der Waals surface area contributed by atoms with Crippen molar-refractivity contribution >= 4 is 11.2 Å². The van der Waals surface area contributed by atoms with Gasteiger partial charge in [0.15, 0.2) is 0 Å². The zero-order valence-electron chi connectivity index (χ0n) is 10.4. The van der Waals surface area contributed by atoms with E-state index in [-0.39, 0.29) is 5.56 Å². The van der Waals surface area contributed by atoms with Crippen LogP contribution in [-0.4, -0.2) is 14.2 Å². The fourth-order valence-corrected chi connectivity index (χ4v) is 2.14. The summed E-state index contributed by atoms with van der Waals surface area (Å²) in [7, 11) is 0. The third-order valence-corrected chi connectivity index (χ3v) is 3.22. The molecule has 0 aliphatic rings. The summed E-state index contributed by atoms with van der Waals surface area (Å²) < 4.78 is 3.26. The number of aryl methyl sites for hydroxylation is 2. The average molecular weight is 254 g/mol. The van der Waals surface area contributed by atoms with Gasteiger partial charge in [0.05, 0.1) is 6.20 Å². The number of para-hydroxylation sites is 1. The van der Waals surface area contributed by atoms with Crippen molar-refractivity contribution in [2.75, 3.05) is 5.73 Å². The van der Waals surface area contributed by atoms with E-state index in [4.69, 9.17) is 5.73 Å². The molecule has 0 fully saturated rings. The molecule has 0 saturated carbocycles. The van der Waals surface area contributed by atoms with Gasteiger partial charge in [0.25, 0.3) is 5.56 Å². The van der Waals surface area contributed by atoms with Crippen molar-refractivity contribution in [3.63, 3.8) is 0 Å². The summed E-state index contributed by atoms with van der Waals surface area (Å²) in [5, 5.41) is 4.04. The normalized spacial score (nSPS) is 10.9. The van der Waals surface area contributed by atoms with E-state index in [0.717, 1.165) is 17.7 Å². The second-order valence-corrected chi connectivity index (χ2v) is 4.41. The Kier molecular flexibility index (Phi) is 2.79. The summed E-state index contributed by atoms with van der Waals surface area (Å²) in [6, 6.07) is 9.43. The highest BCUT2D eigenvalue weighted by atomic mass is 16.1. The SMILES string of the molecule is Nc1ccccc1CCn1ccn2nccc2c1=O. The van der Waals surface area contributed by atoms with Crippen molar-refractivity contribution in [1.82, 2.24) is 14.2 Å². The molecule has 5 heteroatoms. The molecule has 3 aromatic rings. The van der Waals surface area contributed by atoms with Crippen LogP contribution in [0.4, 0.5) is 5.69 Å². The zero-order valence-corrected chi connectivity index (χ0v) is 10.4. The van der Waals surface area contributed by atoms with Crippen molar-refractivity contribution in [1.29, 1.82) is 0 Å². The molecule has 5 nitrogen and oxygen atoms in total. The van der Waals surface area contributed by atoms with Crippen LogP contribution in [0.1, 0.15) is 5.56 Å². The molecule has 0 radical (unpaired) electrons. The Bertz CT molecular complexity index is 772. The highest BCUT2D eigenvalue weighted by Gasteiger charge is 2.04. The molecule has 0 amide bonds. The number of benzene rings is 1. The number of nitrogen functional groups attached to an aromatic ring is 1. The minimum Gasteiger partial charge on any atom is -0.399 e. The molecule has 3 rings (SSSR count). The minimum absolute atomic E-state index is 0.0329. The van der Waals surface area contributed by atoms with Gasteiger partial charge >= 0.3 is 0 Å². The number of anilines is 1. The number of hydrogen-bond donors (Lipinski definition) is 1. The first-order chi connectivity index (χ1) is 9.25. The Balaban J connectivity index is 1.88. The van der Waals surface area contributed by atoms with Crippen LogP contribution in [0.3, 0.4) is 0 Å². The topological polar surface area (TPSA) is 65.3 Å². The van der Waals surface area contributed by atoms with Gasteiger partial charge < -0.3 is 10.3 Å². The lowest BCUT2D eigenvalue weighted by atomic mass is 10.1. The van der Waals surface area contributed by atoms with Gasteiger partial charge in [0, 0.05) is 24.6 Å².